The number of hydrogen-bond acceptors (Lipinski definition) is 8. The van der Waals surface area contributed by atoms with E-state index < -0.39 is 11.9 Å². The molecule has 54 heavy (non-hydrogen) atoms. The maximum absolute atomic E-state index is 13.6. The Balaban J connectivity index is 0.000000730. The molecule has 0 spiro atoms. The van der Waals surface area contributed by atoms with Gasteiger partial charge in [0.1, 0.15) is 12.4 Å². The Bertz CT molecular complexity index is 1680. The average molecular weight is 742 g/mol. The number of carbonyl (C=O) groups is 3. The van der Waals surface area contributed by atoms with Crippen LogP contribution >= 0.6 is 0 Å². The van der Waals surface area contributed by atoms with Gasteiger partial charge in [-0.15, -0.1) is 0 Å². The lowest BCUT2D eigenvalue weighted by atomic mass is 10.00. The summed E-state index contributed by atoms with van der Waals surface area (Å²) in [5.41, 5.74) is 7.34. The van der Waals surface area contributed by atoms with Crippen molar-refractivity contribution in [3.63, 3.8) is 0 Å². The highest BCUT2D eigenvalue weighted by Crippen LogP contribution is 2.33. The third-order valence-corrected chi connectivity index (χ3v) is 9.29. The Labute approximate surface area is 319 Å². The summed E-state index contributed by atoms with van der Waals surface area (Å²) in [7, 11) is 2.19. The second-order valence-corrected chi connectivity index (χ2v) is 13.4. The highest BCUT2D eigenvalue weighted by molar-refractivity contribution is 6.07. The molecule has 0 unspecified atom stereocenters. The molecule has 5 rings (SSSR count). The molecular weight excluding hydrogens is 686 g/mol. The highest BCUT2D eigenvalue weighted by Gasteiger charge is 2.21. The number of aliphatic carboxylic acids is 2. The smallest absolute Gasteiger partial charge is 0.328 e. The van der Waals surface area contributed by atoms with Gasteiger partial charge in [-0.1, -0.05) is 50.6 Å². The first-order chi connectivity index (χ1) is 26.2. The maximum Gasteiger partial charge on any atom is 0.328 e. The monoisotopic (exact) mass is 741 g/mol. The number of fused-ring (bicyclic) bond motifs is 1. The molecule has 2 aliphatic rings. The molecule has 2 aliphatic heterocycles. The Morgan fingerprint density at radius 3 is 2.22 bits per heavy atom. The molecule has 3 aromatic rings. The molecule has 0 bridgehead atoms. The fourth-order valence-electron chi connectivity index (χ4n) is 6.36. The Morgan fingerprint density at radius 2 is 1.57 bits per heavy atom. The lowest BCUT2D eigenvalue weighted by Gasteiger charge is -2.31. The van der Waals surface area contributed by atoms with Crippen molar-refractivity contribution >= 4 is 35.3 Å². The summed E-state index contributed by atoms with van der Waals surface area (Å²) in [5.74, 6) is -1.72. The van der Waals surface area contributed by atoms with E-state index in [1.165, 1.54) is 11.3 Å². The molecule has 11 nitrogen and oxygen atoms in total. The minimum Gasteiger partial charge on any atom is -0.491 e. The van der Waals surface area contributed by atoms with Gasteiger partial charge in [0.15, 0.2) is 0 Å². The lowest BCUT2D eigenvalue weighted by Crippen LogP contribution is -2.36. The van der Waals surface area contributed by atoms with Gasteiger partial charge in [-0.05, 0) is 104 Å². The fourth-order valence-corrected chi connectivity index (χ4v) is 6.36. The SMILES string of the molecule is CCCCOCCOc1ccc(-c2ccc3c(c2)C=C(C(=O)Nc2ccc(CN(C)C4CCOCC4)cc2)CCN3CCC)cc1.O=C(O)/C=C/C(=O)O. The molecular formula is C43H55N3O8. The zero-order valence-electron chi connectivity index (χ0n) is 31.8. The molecule has 11 heteroatoms. The van der Waals surface area contributed by atoms with Crippen molar-refractivity contribution in [3.8, 4) is 16.9 Å². The third kappa shape index (κ3) is 13.8. The van der Waals surface area contributed by atoms with Gasteiger partial charge in [-0.2, -0.15) is 0 Å². The van der Waals surface area contributed by atoms with E-state index in [0.29, 0.717) is 37.8 Å². The fraction of sp³-hybridized carbons (Fsp3) is 0.419. The first kappa shape index (κ1) is 41.8. The number of hydrogen-bond donors (Lipinski definition) is 3. The van der Waals surface area contributed by atoms with Gasteiger partial charge in [-0.25, -0.2) is 9.59 Å². The van der Waals surface area contributed by atoms with E-state index >= 15 is 0 Å². The number of ether oxygens (including phenoxy) is 3. The topological polar surface area (TPSA) is 138 Å². The predicted octanol–water partition coefficient (Wildman–Crippen LogP) is 7.51. The largest absolute Gasteiger partial charge is 0.491 e. The van der Waals surface area contributed by atoms with Crippen LogP contribution in [0.2, 0.25) is 0 Å². The average Bonchev–Trinajstić information content (AvgIpc) is 3.36. The Morgan fingerprint density at radius 1 is 0.889 bits per heavy atom. The lowest BCUT2D eigenvalue weighted by molar-refractivity contribution is -0.134. The minimum absolute atomic E-state index is 0.0399. The second kappa shape index (κ2) is 22.3. The molecule has 3 N–H and O–H groups in total. The van der Waals surface area contributed by atoms with Crippen molar-refractivity contribution in [1.29, 1.82) is 0 Å². The number of carboxylic acids is 2. The molecule has 3 aromatic carbocycles. The summed E-state index contributed by atoms with van der Waals surface area (Å²) < 4.78 is 17.0. The third-order valence-electron chi connectivity index (χ3n) is 9.29. The van der Waals surface area contributed by atoms with Crippen molar-refractivity contribution in [2.45, 2.75) is 65.0 Å². The van der Waals surface area contributed by atoms with Crippen LogP contribution in [0, 0.1) is 0 Å². The molecule has 0 radical (unpaired) electrons. The summed E-state index contributed by atoms with van der Waals surface area (Å²) in [6.45, 7) is 10.6. The van der Waals surface area contributed by atoms with E-state index in [4.69, 9.17) is 24.4 Å². The number of amides is 1. The number of nitrogens with zero attached hydrogens (tertiary/aromatic N) is 2. The number of unbranched alkanes of at least 4 members (excludes halogenated alkanes) is 1. The van der Waals surface area contributed by atoms with Crippen LogP contribution in [0.4, 0.5) is 11.4 Å². The van der Waals surface area contributed by atoms with Gasteiger partial charge in [-0.3, -0.25) is 9.69 Å². The van der Waals surface area contributed by atoms with Crippen LogP contribution in [-0.2, 0) is 30.4 Å². The van der Waals surface area contributed by atoms with Crippen LogP contribution in [-0.4, -0.2) is 92.2 Å². The van der Waals surface area contributed by atoms with Crippen LogP contribution in [0.1, 0.15) is 63.5 Å². The van der Waals surface area contributed by atoms with Gasteiger partial charge < -0.3 is 34.6 Å². The van der Waals surface area contributed by atoms with E-state index in [1.807, 2.05) is 24.3 Å². The first-order valence-corrected chi connectivity index (χ1v) is 18.9. The number of rotatable bonds is 17. The molecule has 0 saturated carbocycles. The molecule has 0 aromatic heterocycles. The molecule has 1 saturated heterocycles. The van der Waals surface area contributed by atoms with Crippen LogP contribution in [0.3, 0.4) is 0 Å². The number of carboxylic acid groups (broad SMARTS) is 2. The summed E-state index contributed by atoms with van der Waals surface area (Å²) in [6, 6.07) is 23.6. The molecule has 0 atom stereocenters. The standard InChI is InChI=1S/C39H51N3O4.C4H4O4/c1-4-6-22-44-25-26-46-37-14-9-31(10-15-37)32-11-16-38-34(27-32)28-33(17-21-42(38)20-5-2)39(43)40-35-12-7-30(8-13-35)29-41(3)36-18-23-45-24-19-36;5-3(6)1-2-4(7)8/h7-16,27-28,36H,4-6,17-26,29H2,1-3H3,(H,40,43);1-2H,(H,5,6)(H,7,8)/b;2-1+. The van der Waals surface area contributed by atoms with Crippen molar-refractivity contribution in [2.75, 3.05) is 63.4 Å². The number of anilines is 2. The zero-order valence-corrected chi connectivity index (χ0v) is 31.8. The van der Waals surface area contributed by atoms with Gasteiger partial charge in [0.05, 0.1) is 6.61 Å². The molecule has 2 heterocycles. The van der Waals surface area contributed by atoms with Gasteiger partial charge in [0, 0.05) is 74.6 Å². The van der Waals surface area contributed by atoms with E-state index in [9.17, 15) is 14.4 Å². The van der Waals surface area contributed by atoms with E-state index in [0.717, 1.165) is 105 Å². The quantitative estimate of drug-likeness (QED) is 0.0942. The predicted molar refractivity (Wildman–Crippen MR) is 213 cm³/mol. The van der Waals surface area contributed by atoms with Crippen molar-refractivity contribution in [1.82, 2.24) is 4.90 Å². The molecule has 0 aliphatic carbocycles. The van der Waals surface area contributed by atoms with Crippen molar-refractivity contribution < 1.29 is 38.8 Å². The number of benzene rings is 3. The van der Waals surface area contributed by atoms with E-state index in [-0.39, 0.29) is 5.91 Å². The molecule has 1 amide bonds. The van der Waals surface area contributed by atoms with E-state index in [2.05, 4.69) is 84.6 Å². The van der Waals surface area contributed by atoms with Gasteiger partial charge in [0.2, 0.25) is 0 Å². The molecule has 1 fully saturated rings. The van der Waals surface area contributed by atoms with Gasteiger partial charge >= 0.3 is 11.9 Å². The number of nitrogens with one attached hydrogen (secondary N) is 1. The normalized spacial score (nSPS) is 14.4. The summed E-state index contributed by atoms with van der Waals surface area (Å²) >= 11 is 0. The molecule has 290 valence electrons. The van der Waals surface area contributed by atoms with Crippen LogP contribution < -0.4 is 15.0 Å². The summed E-state index contributed by atoms with van der Waals surface area (Å²) in [4.78, 5) is 37.5. The van der Waals surface area contributed by atoms with Crippen LogP contribution in [0.5, 0.6) is 5.75 Å². The zero-order chi connectivity index (χ0) is 38.7. The minimum atomic E-state index is -1.26. The van der Waals surface area contributed by atoms with Crippen molar-refractivity contribution in [3.05, 3.63) is 95.6 Å². The Hall–Kier alpha value is -4.97. The highest BCUT2D eigenvalue weighted by atomic mass is 16.5. The summed E-state index contributed by atoms with van der Waals surface area (Å²) in [5, 5.41) is 18.8. The Kier molecular flexibility index (Phi) is 17.2. The van der Waals surface area contributed by atoms with Crippen LogP contribution in [0.15, 0.2) is 84.5 Å². The van der Waals surface area contributed by atoms with Gasteiger partial charge in [0.25, 0.3) is 5.91 Å². The second-order valence-electron chi connectivity index (χ2n) is 13.4. The number of carbonyl (C=O) groups excluding carboxylic acids is 1. The van der Waals surface area contributed by atoms with E-state index in [1.54, 1.807) is 0 Å². The first-order valence-electron chi connectivity index (χ1n) is 18.9. The van der Waals surface area contributed by atoms with Crippen LogP contribution in [0.25, 0.3) is 17.2 Å². The van der Waals surface area contributed by atoms with Crippen molar-refractivity contribution in [2.24, 2.45) is 0 Å². The maximum atomic E-state index is 13.6. The summed E-state index contributed by atoms with van der Waals surface area (Å²) in [6.07, 6.45) is 9.31.